The Morgan fingerprint density at radius 3 is 2.88 bits per heavy atom. The molecular weight excluding hydrogens is 346 g/mol. The number of carbonyl (C=O) groups is 2. The summed E-state index contributed by atoms with van der Waals surface area (Å²) in [5, 5.41) is 7.17. The van der Waals surface area contributed by atoms with Crippen molar-refractivity contribution in [1.82, 2.24) is 15.6 Å². The molecule has 1 saturated heterocycles. The highest BCUT2D eigenvalue weighted by Gasteiger charge is 2.52. The summed E-state index contributed by atoms with van der Waals surface area (Å²) in [7, 11) is 0. The lowest BCUT2D eigenvalue weighted by Crippen LogP contribution is -2.39. The number of aromatic nitrogens is 1. The van der Waals surface area contributed by atoms with Gasteiger partial charge in [0.2, 0.25) is 5.91 Å². The van der Waals surface area contributed by atoms with Crippen LogP contribution in [0.15, 0.2) is 24.4 Å². The van der Waals surface area contributed by atoms with Gasteiger partial charge in [-0.1, -0.05) is 11.6 Å². The summed E-state index contributed by atoms with van der Waals surface area (Å²) in [6.45, 7) is 1.96. The Labute approximate surface area is 148 Å². The van der Waals surface area contributed by atoms with Crippen molar-refractivity contribution in [3.8, 4) is 10.6 Å². The molecule has 2 fully saturated rings. The smallest absolute Gasteiger partial charge is 0.263 e. The minimum absolute atomic E-state index is 0.0494. The molecule has 2 N–H and O–H groups in total. The van der Waals surface area contributed by atoms with E-state index >= 15 is 0 Å². The van der Waals surface area contributed by atoms with Gasteiger partial charge in [-0.3, -0.25) is 9.59 Å². The zero-order valence-electron chi connectivity index (χ0n) is 13.1. The highest BCUT2D eigenvalue weighted by Crippen LogP contribution is 2.43. The number of benzene rings is 1. The van der Waals surface area contributed by atoms with Crippen molar-refractivity contribution in [3.05, 3.63) is 39.9 Å². The van der Waals surface area contributed by atoms with E-state index in [2.05, 4.69) is 15.6 Å². The summed E-state index contributed by atoms with van der Waals surface area (Å²) in [6.07, 6.45) is 4.23. The number of halogens is 1. The van der Waals surface area contributed by atoms with Crippen LogP contribution < -0.4 is 10.6 Å². The normalized spacial score (nSPS) is 20.9. The summed E-state index contributed by atoms with van der Waals surface area (Å²) in [5.41, 5.74) is 1.88. The van der Waals surface area contributed by atoms with Crippen LogP contribution in [0.4, 0.5) is 0 Å². The topological polar surface area (TPSA) is 71.1 Å². The molecule has 1 atom stereocenters. The monoisotopic (exact) mass is 361 g/mol. The SMILES string of the molecule is Cc1cc(Cl)cc(-c2ncc(C(=O)NC3CC4(CC4)NC3=O)s2)c1. The highest BCUT2D eigenvalue weighted by molar-refractivity contribution is 7.16. The molecule has 2 aliphatic rings. The van der Waals surface area contributed by atoms with Gasteiger partial charge in [0.15, 0.2) is 0 Å². The van der Waals surface area contributed by atoms with Crippen molar-refractivity contribution in [1.29, 1.82) is 0 Å². The van der Waals surface area contributed by atoms with Gasteiger partial charge in [-0.05, 0) is 49.9 Å². The largest absolute Gasteiger partial charge is 0.349 e. The van der Waals surface area contributed by atoms with Gasteiger partial charge in [-0.2, -0.15) is 0 Å². The van der Waals surface area contributed by atoms with E-state index in [9.17, 15) is 9.59 Å². The first-order chi connectivity index (χ1) is 11.4. The molecule has 2 heterocycles. The van der Waals surface area contributed by atoms with Gasteiger partial charge in [0.1, 0.15) is 15.9 Å². The van der Waals surface area contributed by atoms with Gasteiger partial charge in [-0.25, -0.2) is 4.98 Å². The van der Waals surface area contributed by atoms with Crippen LogP contribution >= 0.6 is 22.9 Å². The van der Waals surface area contributed by atoms with Crippen LogP contribution in [0.25, 0.3) is 10.6 Å². The minimum atomic E-state index is -0.445. The fourth-order valence-electron chi connectivity index (χ4n) is 3.08. The number of thiazole rings is 1. The summed E-state index contributed by atoms with van der Waals surface area (Å²) >= 11 is 7.38. The van der Waals surface area contributed by atoms with E-state index in [1.807, 2.05) is 25.1 Å². The Bertz CT molecular complexity index is 824. The first kappa shape index (κ1) is 15.6. The average molecular weight is 362 g/mol. The fraction of sp³-hybridized carbons (Fsp3) is 0.353. The van der Waals surface area contributed by atoms with Crippen LogP contribution in [-0.4, -0.2) is 28.4 Å². The van der Waals surface area contributed by atoms with Gasteiger partial charge < -0.3 is 10.6 Å². The molecule has 1 aromatic heterocycles. The van der Waals surface area contributed by atoms with E-state index in [1.165, 1.54) is 11.3 Å². The summed E-state index contributed by atoms with van der Waals surface area (Å²) in [5.74, 6) is -0.341. The van der Waals surface area contributed by atoms with Crippen molar-refractivity contribution in [2.24, 2.45) is 0 Å². The van der Waals surface area contributed by atoms with Crippen LogP contribution in [0.2, 0.25) is 5.02 Å². The Kier molecular flexibility index (Phi) is 3.62. The molecule has 4 rings (SSSR count). The summed E-state index contributed by atoms with van der Waals surface area (Å²) in [4.78, 5) is 29.2. The molecule has 2 amide bonds. The van der Waals surface area contributed by atoms with Crippen LogP contribution in [-0.2, 0) is 4.79 Å². The van der Waals surface area contributed by atoms with Gasteiger partial charge in [0, 0.05) is 16.1 Å². The van der Waals surface area contributed by atoms with Gasteiger partial charge in [-0.15, -0.1) is 11.3 Å². The van der Waals surface area contributed by atoms with Crippen LogP contribution in [0.5, 0.6) is 0 Å². The zero-order valence-corrected chi connectivity index (χ0v) is 14.6. The van der Waals surface area contributed by atoms with E-state index in [4.69, 9.17) is 11.6 Å². The lowest BCUT2D eigenvalue weighted by atomic mass is 10.1. The predicted octanol–water partition coefficient (Wildman–Crippen LogP) is 2.92. The molecule has 1 saturated carbocycles. The Balaban J connectivity index is 1.50. The van der Waals surface area contributed by atoms with E-state index in [0.717, 1.165) is 29.0 Å². The number of carbonyl (C=O) groups excluding carboxylic acids is 2. The standard InChI is InChI=1S/C17H16ClN3O2S/c1-9-4-10(6-11(18)5-9)16-19-8-13(24-16)15(23)20-12-7-17(2-3-17)21-14(12)22/h4-6,8,12H,2-3,7H2,1H3,(H,20,23)(H,21,22). The van der Waals surface area contributed by atoms with Gasteiger partial charge in [0.05, 0.1) is 6.20 Å². The lowest BCUT2D eigenvalue weighted by Gasteiger charge is -2.08. The van der Waals surface area contributed by atoms with Gasteiger partial charge >= 0.3 is 0 Å². The number of aryl methyl sites for hydroxylation is 1. The first-order valence-electron chi connectivity index (χ1n) is 7.80. The zero-order chi connectivity index (χ0) is 16.9. The number of amides is 2. The Hall–Kier alpha value is -1.92. The van der Waals surface area contributed by atoms with Crippen molar-refractivity contribution in [2.45, 2.75) is 37.8 Å². The molecule has 1 aromatic carbocycles. The Morgan fingerprint density at radius 2 is 2.21 bits per heavy atom. The third kappa shape index (κ3) is 2.91. The maximum atomic E-state index is 12.4. The number of nitrogens with zero attached hydrogens (tertiary/aromatic N) is 1. The maximum absolute atomic E-state index is 12.4. The molecule has 1 unspecified atom stereocenters. The highest BCUT2D eigenvalue weighted by atomic mass is 35.5. The van der Waals surface area contributed by atoms with Gasteiger partial charge in [0.25, 0.3) is 5.91 Å². The summed E-state index contributed by atoms with van der Waals surface area (Å²) < 4.78 is 0. The fourth-order valence-corrected chi connectivity index (χ4v) is 4.18. The lowest BCUT2D eigenvalue weighted by molar-refractivity contribution is -0.121. The van der Waals surface area contributed by atoms with Crippen molar-refractivity contribution in [3.63, 3.8) is 0 Å². The number of rotatable bonds is 3. The van der Waals surface area contributed by atoms with Crippen molar-refractivity contribution < 1.29 is 9.59 Å². The molecule has 1 aliphatic carbocycles. The molecular formula is C17H16ClN3O2S. The average Bonchev–Trinajstić information content (AvgIpc) is 2.96. The van der Waals surface area contributed by atoms with E-state index in [1.54, 1.807) is 6.20 Å². The molecule has 2 aromatic rings. The second kappa shape index (κ2) is 5.57. The number of hydrogen-bond donors (Lipinski definition) is 2. The molecule has 0 bridgehead atoms. The third-order valence-electron chi connectivity index (χ3n) is 4.48. The maximum Gasteiger partial charge on any atom is 0.263 e. The number of hydrogen-bond acceptors (Lipinski definition) is 4. The molecule has 1 aliphatic heterocycles. The van der Waals surface area contributed by atoms with Crippen LogP contribution in [0.3, 0.4) is 0 Å². The molecule has 0 radical (unpaired) electrons. The summed E-state index contributed by atoms with van der Waals surface area (Å²) in [6, 6.07) is 5.24. The van der Waals surface area contributed by atoms with E-state index in [-0.39, 0.29) is 17.4 Å². The third-order valence-corrected chi connectivity index (χ3v) is 5.74. The first-order valence-corrected chi connectivity index (χ1v) is 9.00. The van der Waals surface area contributed by atoms with Crippen molar-refractivity contribution >= 4 is 34.8 Å². The van der Waals surface area contributed by atoms with Crippen LogP contribution in [0.1, 0.15) is 34.5 Å². The molecule has 7 heteroatoms. The van der Waals surface area contributed by atoms with E-state index in [0.29, 0.717) is 16.3 Å². The van der Waals surface area contributed by atoms with E-state index < -0.39 is 6.04 Å². The van der Waals surface area contributed by atoms with Crippen molar-refractivity contribution in [2.75, 3.05) is 0 Å². The second-order valence-corrected chi connectivity index (χ2v) is 8.01. The molecule has 24 heavy (non-hydrogen) atoms. The second-order valence-electron chi connectivity index (χ2n) is 6.55. The predicted molar refractivity (Wildman–Crippen MR) is 93.3 cm³/mol. The molecule has 1 spiro atoms. The minimum Gasteiger partial charge on any atom is -0.349 e. The Morgan fingerprint density at radius 1 is 1.42 bits per heavy atom. The van der Waals surface area contributed by atoms with Crippen LogP contribution in [0, 0.1) is 6.92 Å². The molecule has 124 valence electrons. The molecule has 5 nitrogen and oxygen atoms in total. The number of nitrogens with one attached hydrogen (secondary N) is 2. The quantitative estimate of drug-likeness (QED) is 0.883.